The van der Waals surface area contributed by atoms with E-state index >= 15 is 0 Å². The van der Waals surface area contributed by atoms with Crippen LogP contribution in [0.1, 0.15) is 27.2 Å². The molecule has 0 spiro atoms. The average molecular weight is 186 g/mol. The lowest BCUT2D eigenvalue weighted by Crippen LogP contribution is -2.47. The van der Waals surface area contributed by atoms with Crippen LogP contribution in [0.15, 0.2) is 0 Å². The van der Waals surface area contributed by atoms with Crippen molar-refractivity contribution in [2.24, 2.45) is 11.1 Å². The zero-order valence-corrected chi connectivity index (χ0v) is 8.95. The van der Waals surface area contributed by atoms with Gasteiger partial charge in [-0.15, -0.1) is 0 Å². The molecule has 1 aliphatic rings. The molecule has 0 aromatic carbocycles. The van der Waals surface area contributed by atoms with Crippen molar-refractivity contribution in [3.05, 3.63) is 0 Å². The van der Waals surface area contributed by atoms with E-state index < -0.39 is 0 Å². The van der Waals surface area contributed by atoms with E-state index in [9.17, 15) is 5.11 Å². The molecule has 1 heterocycles. The van der Waals surface area contributed by atoms with Crippen LogP contribution in [0.25, 0.3) is 0 Å². The van der Waals surface area contributed by atoms with E-state index in [0.29, 0.717) is 12.6 Å². The van der Waals surface area contributed by atoms with Gasteiger partial charge in [0.15, 0.2) is 0 Å². The minimum absolute atomic E-state index is 0.142. The summed E-state index contributed by atoms with van der Waals surface area (Å²) in [6.45, 7) is 9.06. The molecule has 0 bridgehead atoms. The maximum absolute atomic E-state index is 9.43. The number of aliphatic hydroxyl groups is 1. The first kappa shape index (κ1) is 11.0. The molecule has 0 aromatic rings. The summed E-state index contributed by atoms with van der Waals surface area (Å²) >= 11 is 0. The molecule has 0 aromatic heterocycles. The van der Waals surface area contributed by atoms with Gasteiger partial charge in [0.1, 0.15) is 0 Å². The molecule has 0 amide bonds. The van der Waals surface area contributed by atoms with Crippen molar-refractivity contribution in [3.63, 3.8) is 0 Å². The number of nitrogens with zero attached hydrogens (tertiary/aromatic N) is 1. The molecule has 1 saturated heterocycles. The molecular weight excluding hydrogens is 164 g/mol. The number of rotatable bonds is 2. The summed E-state index contributed by atoms with van der Waals surface area (Å²) in [5, 5.41) is 9.43. The van der Waals surface area contributed by atoms with Gasteiger partial charge in [-0.05, 0) is 11.8 Å². The fourth-order valence-electron chi connectivity index (χ4n) is 2.10. The SMILES string of the molecule is CC(C)(C)C(CN)N1CCC(O)C1. The molecule has 1 fully saturated rings. The first-order valence-electron chi connectivity index (χ1n) is 5.07. The average Bonchev–Trinajstić information content (AvgIpc) is 2.34. The third-order valence-corrected chi connectivity index (χ3v) is 2.86. The first-order chi connectivity index (χ1) is 5.95. The Labute approximate surface area is 80.9 Å². The lowest BCUT2D eigenvalue weighted by molar-refractivity contribution is 0.107. The summed E-state index contributed by atoms with van der Waals surface area (Å²) in [5.74, 6) is 0. The monoisotopic (exact) mass is 186 g/mol. The van der Waals surface area contributed by atoms with Gasteiger partial charge in [-0.3, -0.25) is 4.90 Å². The largest absolute Gasteiger partial charge is 0.392 e. The van der Waals surface area contributed by atoms with E-state index in [4.69, 9.17) is 5.73 Å². The van der Waals surface area contributed by atoms with Crippen molar-refractivity contribution in [2.75, 3.05) is 19.6 Å². The minimum atomic E-state index is -0.142. The zero-order valence-electron chi connectivity index (χ0n) is 8.95. The Morgan fingerprint density at radius 2 is 2.15 bits per heavy atom. The molecule has 0 saturated carbocycles. The molecule has 78 valence electrons. The van der Waals surface area contributed by atoms with Crippen molar-refractivity contribution < 1.29 is 5.11 Å². The van der Waals surface area contributed by atoms with Crippen LogP contribution in [0.5, 0.6) is 0 Å². The summed E-state index contributed by atoms with van der Waals surface area (Å²) in [7, 11) is 0. The van der Waals surface area contributed by atoms with Crippen LogP contribution in [-0.2, 0) is 0 Å². The lowest BCUT2D eigenvalue weighted by Gasteiger charge is -2.37. The Kier molecular flexibility index (Phi) is 3.33. The van der Waals surface area contributed by atoms with Crippen LogP contribution in [-0.4, -0.2) is 41.8 Å². The summed E-state index contributed by atoms with van der Waals surface area (Å²) in [6.07, 6.45) is 0.753. The summed E-state index contributed by atoms with van der Waals surface area (Å²) in [5.41, 5.74) is 5.97. The highest BCUT2D eigenvalue weighted by Gasteiger charge is 2.33. The van der Waals surface area contributed by atoms with Crippen LogP contribution in [0, 0.1) is 5.41 Å². The lowest BCUT2D eigenvalue weighted by atomic mass is 9.86. The van der Waals surface area contributed by atoms with E-state index in [0.717, 1.165) is 19.5 Å². The second-order valence-corrected chi connectivity index (χ2v) is 5.05. The van der Waals surface area contributed by atoms with Crippen molar-refractivity contribution in [1.29, 1.82) is 0 Å². The molecule has 0 radical (unpaired) electrons. The van der Waals surface area contributed by atoms with Gasteiger partial charge in [0, 0.05) is 25.7 Å². The van der Waals surface area contributed by atoms with E-state index in [2.05, 4.69) is 25.7 Å². The van der Waals surface area contributed by atoms with Crippen molar-refractivity contribution in [1.82, 2.24) is 4.90 Å². The van der Waals surface area contributed by atoms with Crippen LogP contribution in [0.2, 0.25) is 0 Å². The number of likely N-dealkylation sites (tertiary alicyclic amines) is 1. The van der Waals surface area contributed by atoms with Gasteiger partial charge in [0.2, 0.25) is 0 Å². The molecule has 3 N–H and O–H groups in total. The Morgan fingerprint density at radius 1 is 1.54 bits per heavy atom. The molecule has 13 heavy (non-hydrogen) atoms. The molecular formula is C10H22N2O. The zero-order chi connectivity index (χ0) is 10.1. The first-order valence-corrected chi connectivity index (χ1v) is 5.07. The van der Waals surface area contributed by atoms with Crippen LogP contribution < -0.4 is 5.73 Å². The van der Waals surface area contributed by atoms with Crippen LogP contribution in [0.4, 0.5) is 0 Å². The standard InChI is InChI=1S/C10H22N2O/c1-10(2,3)9(6-11)12-5-4-8(13)7-12/h8-9,13H,4-7,11H2,1-3H3. The molecule has 3 nitrogen and oxygen atoms in total. The fourth-order valence-corrected chi connectivity index (χ4v) is 2.10. The minimum Gasteiger partial charge on any atom is -0.392 e. The molecule has 3 heteroatoms. The van der Waals surface area contributed by atoms with Crippen LogP contribution >= 0.6 is 0 Å². The summed E-state index contributed by atoms with van der Waals surface area (Å²) in [4.78, 5) is 2.31. The number of hydrogen-bond acceptors (Lipinski definition) is 3. The molecule has 2 atom stereocenters. The molecule has 2 unspecified atom stereocenters. The van der Waals surface area contributed by atoms with Crippen LogP contribution in [0.3, 0.4) is 0 Å². The Balaban J connectivity index is 2.57. The third kappa shape index (κ3) is 2.66. The van der Waals surface area contributed by atoms with Gasteiger partial charge in [0.05, 0.1) is 6.10 Å². The van der Waals surface area contributed by atoms with Crippen molar-refractivity contribution in [2.45, 2.75) is 39.3 Å². The van der Waals surface area contributed by atoms with Gasteiger partial charge >= 0.3 is 0 Å². The number of aliphatic hydroxyl groups excluding tert-OH is 1. The normalized spacial score (nSPS) is 27.9. The number of nitrogens with two attached hydrogens (primary N) is 1. The predicted molar refractivity (Wildman–Crippen MR) is 54.5 cm³/mol. The van der Waals surface area contributed by atoms with E-state index in [1.54, 1.807) is 0 Å². The predicted octanol–water partition coefficient (Wildman–Crippen LogP) is 0.426. The second kappa shape index (κ2) is 3.95. The van der Waals surface area contributed by atoms with Gasteiger partial charge in [0.25, 0.3) is 0 Å². The van der Waals surface area contributed by atoms with Crippen molar-refractivity contribution >= 4 is 0 Å². The molecule has 0 aliphatic carbocycles. The maximum atomic E-state index is 9.43. The van der Waals surface area contributed by atoms with E-state index in [1.807, 2.05) is 0 Å². The van der Waals surface area contributed by atoms with Gasteiger partial charge in [-0.2, -0.15) is 0 Å². The number of β-amino-alcohol motifs (C(OH)–C–C–N with tert-alkyl or cyclic N) is 1. The highest BCUT2D eigenvalue weighted by atomic mass is 16.3. The summed E-state index contributed by atoms with van der Waals surface area (Å²) in [6, 6.07) is 0.393. The topological polar surface area (TPSA) is 49.5 Å². The van der Waals surface area contributed by atoms with Gasteiger partial charge in [-0.25, -0.2) is 0 Å². The Bertz CT molecular complexity index is 165. The van der Waals surface area contributed by atoms with Gasteiger partial charge in [-0.1, -0.05) is 20.8 Å². The molecule has 1 aliphatic heterocycles. The Hall–Kier alpha value is -0.120. The maximum Gasteiger partial charge on any atom is 0.0679 e. The molecule has 1 rings (SSSR count). The quantitative estimate of drug-likeness (QED) is 0.657. The van der Waals surface area contributed by atoms with Gasteiger partial charge < -0.3 is 10.8 Å². The Morgan fingerprint density at radius 3 is 2.46 bits per heavy atom. The number of hydrogen-bond donors (Lipinski definition) is 2. The summed E-state index contributed by atoms with van der Waals surface area (Å²) < 4.78 is 0. The second-order valence-electron chi connectivity index (χ2n) is 5.05. The van der Waals surface area contributed by atoms with Crippen molar-refractivity contribution in [3.8, 4) is 0 Å². The third-order valence-electron chi connectivity index (χ3n) is 2.86. The smallest absolute Gasteiger partial charge is 0.0679 e. The fraction of sp³-hybridized carbons (Fsp3) is 1.00. The highest BCUT2D eigenvalue weighted by Crippen LogP contribution is 2.26. The van der Waals surface area contributed by atoms with E-state index in [1.165, 1.54) is 0 Å². The van der Waals surface area contributed by atoms with E-state index in [-0.39, 0.29) is 11.5 Å². The highest BCUT2D eigenvalue weighted by molar-refractivity contribution is 4.88.